The van der Waals surface area contributed by atoms with Crippen molar-refractivity contribution in [2.24, 2.45) is 0 Å². The normalized spacial score (nSPS) is 16.7. The highest BCUT2D eigenvalue weighted by Crippen LogP contribution is 2.37. The fourth-order valence-electron chi connectivity index (χ4n) is 3.71. The van der Waals surface area contributed by atoms with Crippen molar-refractivity contribution < 1.29 is 13.7 Å². The minimum Gasteiger partial charge on any atom is -0.334 e. The molecule has 0 saturated heterocycles. The second kappa shape index (κ2) is 8.10. The molecule has 7 heteroatoms. The van der Waals surface area contributed by atoms with E-state index in [4.69, 9.17) is 4.52 Å². The third-order valence-electron chi connectivity index (χ3n) is 5.37. The van der Waals surface area contributed by atoms with E-state index in [0.29, 0.717) is 35.1 Å². The Morgan fingerprint density at radius 2 is 1.93 bits per heavy atom. The van der Waals surface area contributed by atoms with Crippen LogP contribution in [0.1, 0.15) is 43.8 Å². The monoisotopic (exact) mass is 406 g/mol. The topological polar surface area (TPSA) is 71.3 Å². The fourth-order valence-corrected chi connectivity index (χ4v) is 3.71. The van der Waals surface area contributed by atoms with Crippen LogP contribution in [-0.2, 0) is 6.42 Å². The zero-order valence-corrected chi connectivity index (χ0v) is 17.1. The molecule has 0 radical (unpaired) electrons. The molecule has 6 nitrogen and oxygen atoms in total. The predicted molar refractivity (Wildman–Crippen MR) is 112 cm³/mol. The quantitative estimate of drug-likeness (QED) is 0.650. The Bertz CT molecular complexity index is 1100. The second-order valence-corrected chi connectivity index (χ2v) is 7.15. The molecule has 1 unspecified atom stereocenters. The number of hydrogen-bond donors (Lipinski definition) is 1. The summed E-state index contributed by atoms with van der Waals surface area (Å²) in [4.78, 5) is 18.8. The van der Waals surface area contributed by atoms with Crippen molar-refractivity contribution in [1.82, 2.24) is 20.4 Å². The van der Waals surface area contributed by atoms with Crippen molar-refractivity contribution in [3.05, 3.63) is 77.1 Å². The fraction of sp³-hybridized carbons (Fsp3) is 0.261. The molecule has 2 heterocycles. The number of halogens is 1. The van der Waals surface area contributed by atoms with E-state index in [2.05, 4.69) is 22.4 Å². The molecule has 0 saturated carbocycles. The number of carbonyl (C=O) groups is 1. The first-order valence-corrected chi connectivity index (χ1v) is 9.99. The Hall–Kier alpha value is -3.48. The molecule has 2 aromatic carbocycles. The number of amides is 2. The van der Waals surface area contributed by atoms with Crippen LogP contribution < -0.4 is 5.32 Å². The van der Waals surface area contributed by atoms with Crippen LogP contribution in [0.4, 0.5) is 9.18 Å². The van der Waals surface area contributed by atoms with Crippen molar-refractivity contribution in [3.8, 4) is 11.4 Å². The van der Waals surface area contributed by atoms with E-state index in [1.807, 2.05) is 38.1 Å². The third kappa shape index (κ3) is 3.58. The molecule has 1 aromatic heterocycles. The van der Waals surface area contributed by atoms with Crippen LogP contribution in [0.25, 0.3) is 17.0 Å². The summed E-state index contributed by atoms with van der Waals surface area (Å²) in [7, 11) is 0. The van der Waals surface area contributed by atoms with Crippen LogP contribution in [0.15, 0.2) is 58.8 Å². The van der Waals surface area contributed by atoms with E-state index < -0.39 is 6.04 Å². The summed E-state index contributed by atoms with van der Waals surface area (Å²) >= 11 is 0. The highest BCUT2D eigenvalue weighted by atomic mass is 19.1. The number of nitrogens with zero attached hydrogens (tertiary/aromatic N) is 3. The third-order valence-corrected chi connectivity index (χ3v) is 5.37. The molecular formula is C23H23FN4O2. The van der Waals surface area contributed by atoms with Gasteiger partial charge >= 0.3 is 6.03 Å². The molecular weight excluding hydrogens is 383 g/mol. The number of allylic oxidation sites excluding steroid dienone is 1. The number of hydrogen-bond acceptors (Lipinski definition) is 4. The number of rotatable bonds is 5. The lowest BCUT2D eigenvalue weighted by Gasteiger charge is -2.34. The maximum absolute atomic E-state index is 13.9. The van der Waals surface area contributed by atoms with Gasteiger partial charge in [0, 0.05) is 17.8 Å². The van der Waals surface area contributed by atoms with E-state index in [1.54, 1.807) is 17.0 Å². The lowest BCUT2D eigenvalue weighted by atomic mass is 9.94. The molecule has 1 aliphatic heterocycles. The molecule has 154 valence electrons. The van der Waals surface area contributed by atoms with E-state index in [1.165, 1.54) is 17.7 Å². The molecule has 0 fully saturated rings. The minimum absolute atomic E-state index is 0.247. The molecule has 1 N–H and O–H groups in total. The highest BCUT2D eigenvalue weighted by Gasteiger charge is 2.35. The van der Waals surface area contributed by atoms with Crippen molar-refractivity contribution >= 4 is 11.6 Å². The summed E-state index contributed by atoms with van der Waals surface area (Å²) in [5.74, 6) is 0.388. The molecule has 0 aliphatic carbocycles. The number of carbonyl (C=O) groups excluding carboxylic acids is 1. The Balaban J connectivity index is 1.79. The van der Waals surface area contributed by atoms with Gasteiger partial charge in [0.1, 0.15) is 5.82 Å². The number of aromatic nitrogens is 2. The zero-order chi connectivity index (χ0) is 21.3. The Labute approximate surface area is 174 Å². The Kier molecular flexibility index (Phi) is 5.35. The van der Waals surface area contributed by atoms with Crippen molar-refractivity contribution in [3.63, 3.8) is 0 Å². The lowest BCUT2D eigenvalue weighted by molar-refractivity contribution is 0.207. The molecule has 0 bridgehead atoms. The van der Waals surface area contributed by atoms with Crippen LogP contribution in [0.5, 0.6) is 0 Å². The second-order valence-electron chi connectivity index (χ2n) is 7.15. The van der Waals surface area contributed by atoms with Crippen LogP contribution in [0.3, 0.4) is 0 Å². The average Bonchev–Trinajstić information content (AvgIpc) is 3.23. The molecule has 1 atom stereocenters. The van der Waals surface area contributed by atoms with Gasteiger partial charge in [-0.1, -0.05) is 48.5 Å². The van der Waals surface area contributed by atoms with Gasteiger partial charge in [0.25, 0.3) is 5.89 Å². The lowest BCUT2D eigenvalue weighted by Crippen LogP contribution is -2.45. The van der Waals surface area contributed by atoms with Gasteiger partial charge in [-0.2, -0.15) is 4.98 Å². The molecule has 30 heavy (non-hydrogen) atoms. The van der Waals surface area contributed by atoms with Crippen LogP contribution in [0.2, 0.25) is 0 Å². The maximum Gasteiger partial charge on any atom is 0.322 e. The summed E-state index contributed by atoms with van der Waals surface area (Å²) in [6, 6.07) is 13.3. The number of nitrogens with one attached hydrogen (secondary N) is 1. The first-order chi connectivity index (χ1) is 14.5. The van der Waals surface area contributed by atoms with E-state index in [9.17, 15) is 9.18 Å². The van der Waals surface area contributed by atoms with E-state index in [-0.39, 0.29) is 11.8 Å². The molecule has 3 aromatic rings. The van der Waals surface area contributed by atoms with Crippen molar-refractivity contribution in [2.75, 3.05) is 6.54 Å². The van der Waals surface area contributed by atoms with Crippen LogP contribution in [-0.4, -0.2) is 27.6 Å². The first kappa shape index (κ1) is 19.8. The molecule has 1 aliphatic rings. The Morgan fingerprint density at radius 3 is 2.60 bits per heavy atom. The summed E-state index contributed by atoms with van der Waals surface area (Å²) < 4.78 is 19.5. The van der Waals surface area contributed by atoms with Crippen molar-refractivity contribution in [2.45, 2.75) is 33.2 Å². The summed E-state index contributed by atoms with van der Waals surface area (Å²) in [5, 5.41) is 7.08. The summed E-state index contributed by atoms with van der Waals surface area (Å²) in [6.45, 7) is 6.30. The molecule has 2 amide bonds. The standard InChI is InChI=1S/C23H23FN4O2/c1-4-15-9-11-16(12-10-15)21-26-22(30-27-21)19-14(3)28(5-2)23(29)25-20(19)17-7-6-8-18(24)13-17/h6-13,20H,4-5H2,1-3H3,(H,25,29). The molecule has 4 rings (SSSR count). The average molecular weight is 406 g/mol. The molecule has 0 spiro atoms. The maximum atomic E-state index is 13.9. The SMILES string of the molecule is CCc1ccc(-c2noc(C3=C(C)N(CC)C(=O)NC3c3cccc(F)c3)n2)cc1. The van der Waals surface area contributed by atoms with Gasteiger partial charge in [0.2, 0.25) is 5.82 Å². The highest BCUT2D eigenvalue weighted by molar-refractivity contribution is 5.86. The van der Waals surface area contributed by atoms with Gasteiger partial charge in [-0.15, -0.1) is 0 Å². The largest absolute Gasteiger partial charge is 0.334 e. The van der Waals surface area contributed by atoms with Gasteiger partial charge in [-0.25, -0.2) is 9.18 Å². The van der Waals surface area contributed by atoms with E-state index in [0.717, 1.165) is 12.0 Å². The van der Waals surface area contributed by atoms with Gasteiger partial charge < -0.3 is 9.84 Å². The Morgan fingerprint density at radius 1 is 1.17 bits per heavy atom. The van der Waals surface area contributed by atoms with Crippen LogP contribution in [0, 0.1) is 5.82 Å². The smallest absolute Gasteiger partial charge is 0.322 e. The van der Waals surface area contributed by atoms with E-state index >= 15 is 0 Å². The van der Waals surface area contributed by atoms with Crippen molar-refractivity contribution in [1.29, 1.82) is 0 Å². The van der Waals surface area contributed by atoms with Gasteiger partial charge in [-0.3, -0.25) is 4.90 Å². The summed E-state index contributed by atoms with van der Waals surface area (Å²) in [5.41, 5.74) is 4.04. The predicted octanol–water partition coefficient (Wildman–Crippen LogP) is 4.96. The first-order valence-electron chi connectivity index (χ1n) is 9.99. The van der Waals surface area contributed by atoms with Gasteiger partial charge in [0.05, 0.1) is 11.6 Å². The van der Waals surface area contributed by atoms with Crippen LogP contribution >= 0.6 is 0 Å². The zero-order valence-electron chi connectivity index (χ0n) is 17.1. The van der Waals surface area contributed by atoms with Gasteiger partial charge in [-0.05, 0) is 43.5 Å². The minimum atomic E-state index is -0.591. The number of aryl methyl sites for hydroxylation is 1. The number of benzene rings is 2. The summed E-state index contributed by atoms with van der Waals surface area (Å²) in [6.07, 6.45) is 0.950. The number of urea groups is 1. The van der Waals surface area contributed by atoms with Gasteiger partial charge in [0.15, 0.2) is 0 Å².